The number of hydrogen-bond donors (Lipinski definition) is 0. The van der Waals surface area contributed by atoms with Gasteiger partial charge in [0.15, 0.2) is 12.1 Å². The summed E-state index contributed by atoms with van der Waals surface area (Å²) < 4.78 is 1.74. The molecule has 0 radical (unpaired) electrons. The molecule has 5 nitrogen and oxygen atoms in total. The Morgan fingerprint density at radius 2 is 2.41 bits per heavy atom. The number of nitrogens with zero attached hydrogens (tertiary/aromatic N) is 4. The molecule has 86 valence electrons. The van der Waals surface area contributed by atoms with Gasteiger partial charge in [-0.05, 0) is 12.1 Å². The quantitative estimate of drug-likeness (QED) is 0.744. The van der Waals surface area contributed by atoms with E-state index in [2.05, 4.69) is 11.1 Å². The van der Waals surface area contributed by atoms with Crippen LogP contribution in [0.25, 0.3) is 5.65 Å². The third-order valence-corrected chi connectivity index (χ3v) is 2.58. The van der Waals surface area contributed by atoms with Crippen molar-refractivity contribution in [2.24, 2.45) is 0 Å². The number of carbonyl (C=O) groups is 1. The Morgan fingerprint density at radius 3 is 3.12 bits per heavy atom. The largest absolute Gasteiger partial charge is 0.357 e. The number of hydrogen-bond acceptors (Lipinski definition) is 4. The summed E-state index contributed by atoms with van der Waals surface area (Å²) in [6.07, 6.45) is 2.99. The van der Waals surface area contributed by atoms with Crippen molar-refractivity contribution < 1.29 is 4.79 Å². The maximum Gasteiger partial charge on any atom is 0.170 e. The van der Waals surface area contributed by atoms with Gasteiger partial charge in [0.05, 0.1) is 12.5 Å². The van der Waals surface area contributed by atoms with E-state index in [9.17, 15) is 4.79 Å². The van der Waals surface area contributed by atoms with Crippen LogP contribution in [0.4, 0.5) is 5.82 Å². The normalized spacial score (nSPS) is 10.1. The van der Waals surface area contributed by atoms with Gasteiger partial charge in [0.25, 0.3) is 0 Å². The SMILES string of the molecule is CN(CCC#N)c1nc2ccccn2c1C=O. The highest BCUT2D eigenvalue weighted by atomic mass is 16.1. The van der Waals surface area contributed by atoms with Gasteiger partial charge in [0, 0.05) is 19.8 Å². The lowest BCUT2D eigenvalue weighted by Gasteiger charge is -2.14. The summed E-state index contributed by atoms with van der Waals surface area (Å²) in [5, 5.41) is 8.56. The van der Waals surface area contributed by atoms with E-state index in [0.717, 1.165) is 11.9 Å². The highest BCUT2D eigenvalue weighted by molar-refractivity contribution is 5.83. The second-order valence-corrected chi connectivity index (χ2v) is 3.70. The number of imidazole rings is 1. The topological polar surface area (TPSA) is 61.4 Å². The summed E-state index contributed by atoms with van der Waals surface area (Å²) in [4.78, 5) is 17.3. The van der Waals surface area contributed by atoms with Gasteiger partial charge in [-0.3, -0.25) is 9.20 Å². The maximum atomic E-state index is 11.1. The minimum Gasteiger partial charge on any atom is -0.357 e. The predicted octanol–water partition coefficient (Wildman–Crippen LogP) is 1.50. The number of anilines is 1. The van der Waals surface area contributed by atoms with Crippen molar-refractivity contribution in [3.8, 4) is 6.07 Å². The van der Waals surface area contributed by atoms with Crippen LogP contribution in [0.2, 0.25) is 0 Å². The van der Waals surface area contributed by atoms with Crippen LogP contribution in [0.3, 0.4) is 0 Å². The van der Waals surface area contributed by atoms with Crippen molar-refractivity contribution >= 4 is 17.8 Å². The number of aldehydes is 1. The van der Waals surface area contributed by atoms with Crippen molar-refractivity contribution in [2.45, 2.75) is 6.42 Å². The summed E-state index contributed by atoms with van der Waals surface area (Å²) in [6.45, 7) is 0.557. The van der Waals surface area contributed by atoms with Crippen molar-refractivity contribution in [2.75, 3.05) is 18.5 Å². The van der Waals surface area contributed by atoms with Crippen molar-refractivity contribution in [1.29, 1.82) is 5.26 Å². The van der Waals surface area contributed by atoms with Crippen LogP contribution >= 0.6 is 0 Å². The summed E-state index contributed by atoms with van der Waals surface area (Å²) in [6, 6.07) is 7.64. The van der Waals surface area contributed by atoms with Gasteiger partial charge in [-0.2, -0.15) is 5.26 Å². The highest BCUT2D eigenvalue weighted by Gasteiger charge is 2.14. The lowest BCUT2D eigenvalue weighted by Crippen LogP contribution is -2.19. The zero-order valence-electron chi connectivity index (χ0n) is 9.50. The van der Waals surface area contributed by atoms with E-state index < -0.39 is 0 Å². The third-order valence-electron chi connectivity index (χ3n) is 2.58. The zero-order chi connectivity index (χ0) is 12.3. The minimum absolute atomic E-state index is 0.405. The first-order valence-corrected chi connectivity index (χ1v) is 5.28. The molecular weight excluding hydrogens is 216 g/mol. The van der Waals surface area contributed by atoms with Crippen LogP contribution in [0.5, 0.6) is 0 Å². The summed E-state index contributed by atoms with van der Waals surface area (Å²) in [7, 11) is 1.83. The number of fused-ring (bicyclic) bond motifs is 1. The first-order valence-electron chi connectivity index (χ1n) is 5.28. The van der Waals surface area contributed by atoms with Gasteiger partial charge >= 0.3 is 0 Å². The molecule has 2 rings (SSSR count). The molecular formula is C12H12N4O. The minimum atomic E-state index is 0.405. The Hall–Kier alpha value is -2.35. The lowest BCUT2D eigenvalue weighted by atomic mass is 10.4. The molecule has 0 spiro atoms. The van der Waals surface area contributed by atoms with Crippen LogP contribution in [0.1, 0.15) is 16.9 Å². The van der Waals surface area contributed by atoms with Crippen LogP contribution < -0.4 is 4.90 Å². The molecule has 0 aliphatic rings. The Balaban J connectivity index is 2.46. The number of carbonyl (C=O) groups excluding carboxylic acids is 1. The van der Waals surface area contributed by atoms with E-state index in [-0.39, 0.29) is 0 Å². The monoisotopic (exact) mass is 228 g/mol. The second-order valence-electron chi connectivity index (χ2n) is 3.70. The highest BCUT2D eigenvalue weighted by Crippen LogP contribution is 2.19. The number of aromatic nitrogens is 2. The standard InChI is InChI=1S/C12H12N4O/c1-15(7-4-6-13)12-10(9-17)16-8-3-2-5-11(16)14-12/h2-3,5,8-9H,4,7H2,1H3. The fourth-order valence-electron chi connectivity index (χ4n) is 1.72. The Kier molecular flexibility index (Phi) is 3.06. The first kappa shape index (κ1) is 11.1. The molecule has 0 N–H and O–H groups in total. The summed E-state index contributed by atoms with van der Waals surface area (Å²) >= 11 is 0. The van der Waals surface area contributed by atoms with Gasteiger partial charge in [-0.25, -0.2) is 4.98 Å². The van der Waals surface area contributed by atoms with E-state index in [1.807, 2.05) is 30.1 Å². The Morgan fingerprint density at radius 1 is 1.59 bits per heavy atom. The van der Waals surface area contributed by atoms with E-state index >= 15 is 0 Å². The molecule has 0 fully saturated rings. The fourth-order valence-corrected chi connectivity index (χ4v) is 1.72. The summed E-state index contributed by atoms with van der Waals surface area (Å²) in [5.41, 5.74) is 1.24. The average molecular weight is 228 g/mol. The van der Waals surface area contributed by atoms with E-state index in [1.165, 1.54) is 0 Å². The van der Waals surface area contributed by atoms with Crippen LogP contribution in [-0.2, 0) is 0 Å². The number of rotatable bonds is 4. The smallest absolute Gasteiger partial charge is 0.170 e. The number of nitriles is 1. The molecule has 2 heterocycles. The van der Waals surface area contributed by atoms with Gasteiger partial charge < -0.3 is 4.90 Å². The fraction of sp³-hybridized carbons (Fsp3) is 0.250. The average Bonchev–Trinajstić information content (AvgIpc) is 2.74. The first-order chi connectivity index (χ1) is 8.27. The van der Waals surface area contributed by atoms with Gasteiger partial charge in [-0.1, -0.05) is 6.07 Å². The molecule has 0 saturated carbocycles. The van der Waals surface area contributed by atoms with Crippen molar-refractivity contribution in [3.05, 3.63) is 30.1 Å². The Bertz CT molecular complexity index is 582. The van der Waals surface area contributed by atoms with E-state index in [0.29, 0.717) is 24.5 Å². The Labute approximate surface area is 98.9 Å². The molecule has 0 atom stereocenters. The third kappa shape index (κ3) is 1.97. The van der Waals surface area contributed by atoms with Gasteiger partial charge in [0.1, 0.15) is 11.3 Å². The van der Waals surface area contributed by atoms with Gasteiger partial charge in [-0.15, -0.1) is 0 Å². The maximum absolute atomic E-state index is 11.1. The van der Waals surface area contributed by atoms with Crippen molar-refractivity contribution in [3.63, 3.8) is 0 Å². The van der Waals surface area contributed by atoms with E-state index in [1.54, 1.807) is 10.6 Å². The molecule has 0 saturated heterocycles. The van der Waals surface area contributed by atoms with Gasteiger partial charge in [0.2, 0.25) is 0 Å². The molecule has 2 aromatic heterocycles. The predicted molar refractivity (Wildman–Crippen MR) is 64.1 cm³/mol. The molecule has 5 heteroatoms. The molecule has 0 unspecified atom stereocenters. The molecule has 0 aliphatic heterocycles. The van der Waals surface area contributed by atoms with Crippen LogP contribution in [-0.4, -0.2) is 29.3 Å². The second kappa shape index (κ2) is 4.66. The molecule has 2 aromatic rings. The molecule has 0 aromatic carbocycles. The summed E-state index contributed by atoms with van der Waals surface area (Å²) in [5.74, 6) is 0.612. The zero-order valence-corrected chi connectivity index (χ0v) is 9.50. The molecule has 0 aliphatic carbocycles. The lowest BCUT2D eigenvalue weighted by molar-refractivity contribution is 0.111. The van der Waals surface area contributed by atoms with Crippen LogP contribution in [0, 0.1) is 11.3 Å². The van der Waals surface area contributed by atoms with Crippen LogP contribution in [0.15, 0.2) is 24.4 Å². The van der Waals surface area contributed by atoms with E-state index in [4.69, 9.17) is 5.26 Å². The van der Waals surface area contributed by atoms with Crippen molar-refractivity contribution in [1.82, 2.24) is 9.38 Å². The molecule has 17 heavy (non-hydrogen) atoms. The molecule has 0 amide bonds. The number of pyridine rings is 1. The molecule has 0 bridgehead atoms.